The van der Waals surface area contributed by atoms with Gasteiger partial charge in [0.05, 0.1) is 12.8 Å². The molecule has 0 heterocycles. The summed E-state index contributed by atoms with van der Waals surface area (Å²) < 4.78 is 5.25. The predicted molar refractivity (Wildman–Crippen MR) is 64.1 cm³/mol. The molecule has 0 fully saturated rings. The van der Waals surface area contributed by atoms with Crippen molar-refractivity contribution >= 4 is 5.71 Å². The van der Waals surface area contributed by atoms with Gasteiger partial charge in [-0.1, -0.05) is 5.16 Å². The number of ether oxygens (including phenoxy) is 1. The minimum atomic E-state index is 0.914. The van der Waals surface area contributed by atoms with Gasteiger partial charge in [0, 0.05) is 5.56 Å². The summed E-state index contributed by atoms with van der Waals surface area (Å²) in [4.78, 5) is 4.91. The molecule has 2 rings (SSSR count). The average molecular weight is 219 g/mol. The summed E-state index contributed by atoms with van der Waals surface area (Å²) in [5, 5.41) is 4.12. The van der Waals surface area contributed by atoms with E-state index in [9.17, 15) is 0 Å². The van der Waals surface area contributed by atoms with Gasteiger partial charge in [-0.2, -0.15) is 0 Å². The number of methoxy groups -OCH3 is 1. The molecule has 0 saturated carbocycles. The predicted octanol–water partition coefficient (Wildman–Crippen LogP) is 2.77. The van der Waals surface area contributed by atoms with E-state index < -0.39 is 0 Å². The topological polar surface area (TPSA) is 30.8 Å². The number of hydrogen-bond donors (Lipinski definition) is 0. The second kappa shape index (κ2) is 5.01. The van der Waals surface area contributed by atoms with E-state index in [1.54, 1.807) is 14.2 Å². The van der Waals surface area contributed by atoms with Crippen LogP contribution in [0.1, 0.15) is 30.4 Å². The molecule has 3 heteroatoms. The summed E-state index contributed by atoms with van der Waals surface area (Å²) in [5.74, 6) is 0.914. The lowest BCUT2D eigenvalue weighted by Gasteiger charge is -2.09. The first-order chi connectivity index (χ1) is 7.85. The number of oxime groups is 1. The van der Waals surface area contributed by atoms with Crippen LogP contribution in [0.5, 0.6) is 5.75 Å². The van der Waals surface area contributed by atoms with Crippen molar-refractivity contribution in [3.8, 4) is 5.75 Å². The van der Waals surface area contributed by atoms with Crippen LogP contribution in [0.15, 0.2) is 23.4 Å². The van der Waals surface area contributed by atoms with E-state index in [4.69, 9.17) is 9.57 Å². The highest BCUT2D eigenvalue weighted by Gasteiger charge is 2.15. The van der Waals surface area contributed by atoms with Gasteiger partial charge in [0.1, 0.15) is 12.9 Å². The quantitative estimate of drug-likeness (QED) is 0.565. The van der Waals surface area contributed by atoms with Crippen molar-refractivity contribution in [3.05, 3.63) is 29.3 Å². The third-order valence-electron chi connectivity index (χ3n) is 2.93. The Morgan fingerprint density at radius 1 is 1.12 bits per heavy atom. The lowest BCUT2D eigenvalue weighted by Crippen LogP contribution is -2.03. The van der Waals surface area contributed by atoms with Crippen molar-refractivity contribution in [1.29, 1.82) is 0 Å². The molecule has 0 radical (unpaired) electrons. The van der Waals surface area contributed by atoms with Gasteiger partial charge in [-0.15, -0.1) is 0 Å². The van der Waals surface area contributed by atoms with Crippen LogP contribution >= 0.6 is 0 Å². The van der Waals surface area contributed by atoms with Crippen LogP contribution in [0.3, 0.4) is 0 Å². The summed E-state index contributed by atoms with van der Waals surface area (Å²) >= 11 is 0. The highest BCUT2D eigenvalue weighted by molar-refractivity contribution is 6.01. The molecule has 0 bridgehead atoms. The highest BCUT2D eigenvalue weighted by Crippen LogP contribution is 2.25. The van der Waals surface area contributed by atoms with Crippen LogP contribution in [0.25, 0.3) is 0 Å². The van der Waals surface area contributed by atoms with E-state index in [1.807, 2.05) is 6.07 Å². The number of rotatable bonds is 2. The van der Waals surface area contributed by atoms with Crippen LogP contribution < -0.4 is 4.74 Å². The first-order valence-electron chi connectivity index (χ1n) is 5.62. The zero-order valence-electron chi connectivity index (χ0n) is 9.82. The molecule has 0 unspecified atom stereocenters. The fourth-order valence-electron chi connectivity index (χ4n) is 2.13. The molecule has 1 aliphatic carbocycles. The Morgan fingerprint density at radius 2 is 1.94 bits per heavy atom. The zero-order valence-corrected chi connectivity index (χ0v) is 9.82. The molecule has 0 saturated heterocycles. The third kappa shape index (κ3) is 2.18. The van der Waals surface area contributed by atoms with Crippen molar-refractivity contribution in [2.45, 2.75) is 25.7 Å². The fraction of sp³-hybridized carbons (Fsp3) is 0.462. The summed E-state index contributed by atoms with van der Waals surface area (Å²) in [6, 6.07) is 6.17. The van der Waals surface area contributed by atoms with E-state index in [0.717, 1.165) is 24.3 Å². The number of nitrogens with zero attached hydrogens (tertiary/aromatic N) is 1. The number of fused-ring (bicyclic) bond motifs is 1. The number of aryl methyl sites for hydroxylation is 1. The minimum absolute atomic E-state index is 0.914. The Labute approximate surface area is 96.1 Å². The molecule has 86 valence electrons. The molecule has 0 N–H and O–H groups in total. The van der Waals surface area contributed by atoms with Gasteiger partial charge >= 0.3 is 0 Å². The maximum Gasteiger partial charge on any atom is 0.119 e. The molecule has 0 aliphatic heterocycles. The summed E-state index contributed by atoms with van der Waals surface area (Å²) in [7, 11) is 3.30. The molecule has 0 amide bonds. The fourth-order valence-corrected chi connectivity index (χ4v) is 2.13. The van der Waals surface area contributed by atoms with Crippen molar-refractivity contribution in [1.82, 2.24) is 0 Å². The standard InChI is InChI=1S/C13H17NO2/c1-15-11-7-8-12-10(9-11)5-3-4-6-13(12)14-16-2/h7-9H,3-6H2,1-2H3/b14-13+. The summed E-state index contributed by atoms with van der Waals surface area (Å²) in [5.41, 5.74) is 3.57. The lowest BCUT2D eigenvalue weighted by molar-refractivity contribution is 0.213. The molecule has 1 aromatic carbocycles. The molecule has 0 spiro atoms. The molecule has 0 aromatic heterocycles. The SMILES string of the molecule is CO/N=C1\CCCCc2cc(OC)ccc21. The van der Waals surface area contributed by atoms with E-state index >= 15 is 0 Å². The molecule has 0 atom stereocenters. The molecular formula is C13H17NO2. The maximum atomic E-state index is 5.25. The van der Waals surface area contributed by atoms with Gasteiger partial charge in [0.2, 0.25) is 0 Å². The van der Waals surface area contributed by atoms with Gasteiger partial charge in [-0.05, 0) is 49.4 Å². The van der Waals surface area contributed by atoms with Crippen molar-refractivity contribution in [2.75, 3.05) is 14.2 Å². The Kier molecular flexibility index (Phi) is 3.44. The highest BCUT2D eigenvalue weighted by atomic mass is 16.6. The van der Waals surface area contributed by atoms with Crippen molar-refractivity contribution in [2.24, 2.45) is 5.16 Å². The van der Waals surface area contributed by atoms with Gasteiger partial charge in [0.25, 0.3) is 0 Å². The van der Waals surface area contributed by atoms with E-state index in [2.05, 4.69) is 17.3 Å². The van der Waals surface area contributed by atoms with Crippen molar-refractivity contribution < 1.29 is 9.57 Å². The Hall–Kier alpha value is -1.51. The summed E-state index contributed by atoms with van der Waals surface area (Å²) in [6.45, 7) is 0. The third-order valence-corrected chi connectivity index (χ3v) is 2.93. The van der Waals surface area contributed by atoms with Crippen LogP contribution in [-0.2, 0) is 11.3 Å². The monoisotopic (exact) mass is 219 g/mol. The molecule has 16 heavy (non-hydrogen) atoms. The first-order valence-corrected chi connectivity index (χ1v) is 5.62. The molecular weight excluding hydrogens is 202 g/mol. The number of hydrogen-bond acceptors (Lipinski definition) is 3. The van der Waals surface area contributed by atoms with Gasteiger partial charge in [-0.3, -0.25) is 0 Å². The Bertz CT molecular complexity index is 399. The molecule has 1 aliphatic rings. The first kappa shape index (κ1) is 11.0. The molecule has 3 nitrogen and oxygen atoms in total. The second-order valence-corrected chi connectivity index (χ2v) is 3.95. The Morgan fingerprint density at radius 3 is 2.69 bits per heavy atom. The minimum Gasteiger partial charge on any atom is -0.497 e. The van der Waals surface area contributed by atoms with Crippen LogP contribution in [0.2, 0.25) is 0 Å². The van der Waals surface area contributed by atoms with E-state index in [0.29, 0.717) is 0 Å². The Balaban J connectivity index is 2.42. The normalized spacial score (nSPS) is 17.8. The summed E-state index contributed by atoms with van der Waals surface area (Å²) in [6.07, 6.45) is 4.45. The van der Waals surface area contributed by atoms with Crippen LogP contribution in [0, 0.1) is 0 Å². The average Bonchev–Trinajstić information content (AvgIpc) is 2.52. The largest absolute Gasteiger partial charge is 0.497 e. The van der Waals surface area contributed by atoms with E-state index in [1.165, 1.54) is 24.0 Å². The second-order valence-electron chi connectivity index (χ2n) is 3.95. The van der Waals surface area contributed by atoms with Crippen molar-refractivity contribution in [3.63, 3.8) is 0 Å². The maximum absolute atomic E-state index is 5.25. The molecule has 1 aromatic rings. The van der Waals surface area contributed by atoms with Gasteiger partial charge in [0.15, 0.2) is 0 Å². The van der Waals surface area contributed by atoms with E-state index in [-0.39, 0.29) is 0 Å². The van der Waals surface area contributed by atoms with Gasteiger partial charge < -0.3 is 9.57 Å². The van der Waals surface area contributed by atoms with Crippen LogP contribution in [0.4, 0.5) is 0 Å². The lowest BCUT2D eigenvalue weighted by atomic mass is 10.0. The van der Waals surface area contributed by atoms with Gasteiger partial charge in [-0.25, -0.2) is 0 Å². The van der Waals surface area contributed by atoms with Crippen LogP contribution in [-0.4, -0.2) is 19.9 Å². The zero-order chi connectivity index (χ0) is 11.4. The number of benzene rings is 1. The smallest absolute Gasteiger partial charge is 0.119 e.